The Hall–Kier alpha value is -1.32. The van der Waals surface area contributed by atoms with E-state index in [4.69, 9.17) is 10.2 Å². The summed E-state index contributed by atoms with van der Waals surface area (Å²) >= 11 is 0. The number of hydrogen-bond acceptors (Lipinski definition) is 2. The topological polar surface area (TPSA) is 74.6 Å². The highest BCUT2D eigenvalue weighted by molar-refractivity contribution is 5.94. The number of carboxylic acid groups (broad SMARTS) is 2. The minimum absolute atomic E-state index is 0.00525. The second kappa shape index (κ2) is 24.3. The van der Waals surface area contributed by atoms with Gasteiger partial charge in [-0.2, -0.15) is 0 Å². The van der Waals surface area contributed by atoms with E-state index in [0.29, 0.717) is 6.42 Å². The van der Waals surface area contributed by atoms with Crippen molar-refractivity contribution in [3.8, 4) is 0 Å². The van der Waals surface area contributed by atoms with Crippen LogP contribution in [0.25, 0.3) is 0 Å². The number of carboxylic acids is 2. The van der Waals surface area contributed by atoms with Crippen LogP contribution >= 0.6 is 0 Å². The van der Waals surface area contributed by atoms with Gasteiger partial charge in [0.25, 0.3) is 0 Å². The highest BCUT2D eigenvalue weighted by Crippen LogP contribution is 2.16. The van der Waals surface area contributed by atoms with Crippen LogP contribution in [0.4, 0.5) is 0 Å². The maximum atomic E-state index is 11.0. The van der Waals surface area contributed by atoms with Crippen molar-refractivity contribution >= 4 is 11.9 Å². The van der Waals surface area contributed by atoms with Gasteiger partial charge in [-0.25, -0.2) is 9.59 Å². The predicted octanol–water partition coefficient (Wildman–Crippen LogP) is 9.07. The second-order valence-corrected chi connectivity index (χ2v) is 9.49. The van der Waals surface area contributed by atoms with Crippen molar-refractivity contribution in [1.82, 2.24) is 0 Å². The minimum atomic E-state index is -1.18. The lowest BCUT2D eigenvalue weighted by Crippen LogP contribution is -2.04. The average molecular weight is 453 g/mol. The molecule has 0 aromatic heterocycles. The summed E-state index contributed by atoms with van der Waals surface area (Å²) in [5.41, 5.74) is 0.00525. The zero-order chi connectivity index (χ0) is 23.7. The normalized spacial score (nSPS) is 11.7. The first-order chi connectivity index (χ1) is 15.6. The van der Waals surface area contributed by atoms with Gasteiger partial charge in [0.2, 0.25) is 0 Å². The van der Waals surface area contributed by atoms with Gasteiger partial charge in [-0.3, -0.25) is 0 Å². The van der Waals surface area contributed by atoms with Crippen LogP contribution < -0.4 is 0 Å². The SMILES string of the molecule is CCCCCCCCCCCCCCCCCCCCCCCCC(=CC(=O)O)C(=O)O. The highest BCUT2D eigenvalue weighted by Gasteiger charge is 2.08. The first-order valence-electron chi connectivity index (χ1n) is 13.7. The fraction of sp³-hybridized carbons (Fsp3) is 0.857. The zero-order valence-electron chi connectivity index (χ0n) is 21.1. The van der Waals surface area contributed by atoms with Crippen molar-refractivity contribution in [2.45, 2.75) is 155 Å². The van der Waals surface area contributed by atoms with E-state index in [1.165, 1.54) is 122 Å². The first-order valence-corrected chi connectivity index (χ1v) is 13.7. The van der Waals surface area contributed by atoms with E-state index in [0.717, 1.165) is 25.3 Å². The molecule has 0 rings (SSSR count). The van der Waals surface area contributed by atoms with Crippen LogP contribution in [0.3, 0.4) is 0 Å². The van der Waals surface area contributed by atoms with Gasteiger partial charge >= 0.3 is 11.9 Å². The highest BCUT2D eigenvalue weighted by atomic mass is 16.4. The van der Waals surface area contributed by atoms with E-state index in [1.807, 2.05) is 0 Å². The van der Waals surface area contributed by atoms with Crippen molar-refractivity contribution in [3.05, 3.63) is 11.6 Å². The molecule has 0 aromatic carbocycles. The zero-order valence-corrected chi connectivity index (χ0v) is 21.1. The third kappa shape index (κ3) is 23.3. The van der Waals surface area contributed by atoms with Gasteiger partial charge in [0, 0.05) is 11.6 Å². The number of rotatable bonds is 25. The molecule has 4 nitrogen and oxygen atoms in total. The molecule has 0 amide bonds. The molecular formula is C28H52O4. The van der Waals surface area contributed by atoms with Gasteiger partial charge in [-0.15, -0.1) is 0 Å². The number of aliphatic carboxylic acids is 2. The summed E-state index contributed by atoms with van der Waals surface area (Å²) in [7, 11) is 0. The molecule has 32 heavy (non-hydrogen) atoms. The molecule has 188 valence electrons. The lowest BCUT2D eigenvalue weighted by atomic mass is 10.0. The molecule has 0 unspecified atom stereocenters. The Morgan fingerprint density at radius 1 is 0.500 bits per heavy atom. The standard InChI is InChI=1S/C28H52O4/c1-2-3-4-5-6-7-8-9-10-11-12-13-14-15-16-17-18-19-20-21-22-23-24-26(28(31)32)25-27(29)30/h25H,2-24H2,1H3,(H,29,30)(H,31,32). The maximum Gasteiger partial charge on any atom is 0.331 e. The fourth-order valence-corrected chi connectivity index (χ4v) is 4.31. The lowest BCUT2D eigenvalue weighted by molar-refractivity contribution is -0.135. The summed E-state index contributed by atoms with van der Waals surface area (Å²) in [5.74, 6) is -2.29. The van der Waals surface area contributed by atoms with Gasteiger partial charge in [0.1, 0.15) is 0 Å². The summed E-state index contributed by atoms with van der Waals surface area (Å²) in [6.07, 6.45) is 30.3. The quantitative estimate of drug-likeness (QED) is 0.107. The summed E-state index contributed by atoms with van der Waals surface area (Å²) in [6.45, 7) is 2.28. The van der Waals surface area contributed by atoms with Crippen molar-refractivity contribution in [1.29, 1.82) is 0 Å². The molecule has 0 saturated carbocycles. The minimum Gasteiger partial charge on any atom is -0.478 e. The molecular weight excluding hydrogens is 400 g/mol. The van der Waals surface area contributed by atoms with Gasteiger partial charge in [0.05, 0.1) is 0 Å². The smallest absolute Gasteiger partial charge is 0.331 e. The van der Waals surface area contributed by atoms with Crippen molar-refractivity contribution in [2.24, 2.45) is 0 Å². The Balaban J connectivity index is 3.22. The Bertz CT molecular complexity index is 470. The molecule has 2 N–H and O–H groups in total. The Kier molecular flexibility index (Phi) is 23.3. The van der Waals surface area contributed by atoms with Crippen LogP contribution in [0.1, 0.15) is 155 Å². The molecule has 0 fully saturated rings. The second-order valence-electron chi connectivity index (χ2n) is 9.49. The van der Waals surface area contributed by atoms with Crippen molar-refractivity contribution in [2.75, 3.05) is 0 Å². The molecule has 4 heteroatoms. The van der Waals surface area contributed by atoms with E-state index in [1.54, 1.807) is 0 Å². The average Bonchev–Trinajstić information content (AvgIpc) is 2.76. The molecule has 0 aliphatic rings. The van der Waals surface area contributed by atoms with Gasteiger partial charge in [-0.1, -0.05) is 142 Å². The Morgan fingerprint density at radius 3 is 1.03 bits per heavy atom. The van der Waals surface area contributed by atoms with Crippen LogP contribution in [0.2, 0.25) is 0 Å². The third-order valence-corrected chi connectivity index (χ3v) is 6.37. The van der Waals surface area contributed by atoms with Gasteiger partial charge < -0.3 is 10.2 Å². The maximum absolute atomic E-state index is 11.0. The number of carbonyl (C=O) groups is 2. The molecule has 0 aliphatic heterocycles. The predicted molar refractivity (Wildman–Crippen MR) is 135 cm³/mol. The number of unbranched alkanes of at least 4 members (excludes halogenated alkanes) is 21. The van der Waals surface area contributed by atoms with Gasteiger partial charge in [-0.05, 0) is 12.8 Å². The molecule has 0 atom stereocenters. The molecule has 0 aromatic rings. The summed E-state index contributed by atoms with van der Waals surface area (Å²) in [4.78, 5) is 21.5. The Morgan fingerprint density at radius 2 is 0.781 bits per heavy atom. The molecule has 0 saturated heterocycles. The van der Waals surface area contributed by atoms with Crippen LogP contribution in [0, 0.1) is 0 Å². The summed E-state index contributed by atoms with van der Waals surface area (Å²) in [5, 5.41) is 17.6. The molecule has 0 bridgehead atoms. The van der Waals surface area contributed by atoms with E-state index < -0.39 is 11.9 Å². The number of hydrogen-bond donors (Lipinski definition) is 2. The van der Waals surface area contributed by atoms with Gasteiger partial charge in [0.15, 0.2) is 0 Å². The third-order valence-electron chi connectivity index (χ3n) is 6.37. The fourth-order valence-electron chi connectivity index (χ4n) is 4.31. The molecule has 0 aliphatic carbocycles. The summed E-state index contributed by atoms with van der Waals surface area (Å²) < 4.78 is 0. The lowest BCUT2D eigenvalue weighted by Gasteiger charge is -2.04. The summed E-state index contributed by atoms with van der Waals surface area (Å²) in [6, 6.07) is 0. The molecule has 0 radical (unpaired) electrons. The van der Waals surface area contributed by atoms with Crippen LogP contribution in [0.15, 0.2) is 11.6 Å². The van der Waals surface area contributed by atoms with Crippen molar-refractivity contribution in [3.63, 3.8) is 0 Å². The molecule has 0 heterocycles. The monoisotopic (exact) mass is 452 g/mol. The van der Waals surface area contributed by atoms with Crippen LogP contribution in [-0.4, -0.2) is 22.2 Å². The molecule has 0 spiro atoms. The van der Waals surface area contributed by atoms with E-state index in [9.17, 15) is 9.59 Å². The van der Waals surface area contributed by atoms with E-state index in [-0.39, 0.29) is 5.57 Å². The van der Waals surface area contributed by atoms with E-state index in [2.05, 4.69) is 6.92 Å². The Labute approximate surface area is 198 Å². The van der Waals surface area contributed by atoms with Crippen LogP contribution in [-0.2, 0) is 9.59 Å². The van der Waals surface area contributed by atoms with E-state index >= 15 is 0 Å². The van der Waals surface area contributed by atoms with Crippen LogP contribution in [0.5, 0.6) is 0 Å². The first kappa shape index (κ1) is 30.7. The van der Waals surface area contributed by atoms with Crippen molar-refractivity contribution < 1.29 is 19.8 Å². The largest absolute Gasteiger partial charge is 0.478 e.